The first-order valence-electron chi connectivity index (χ1n) is 12.7. The van der Waals surface area contributed by atoms with Crippen molar-refractivity contribution in [1.29, 1.82) is 0 Å². The van der Waals surface area contributed by atoms with E-state index in [1.54, 1.807) is 25.2 Å². The van der Waals surface area contributed by atoms with Crippen molar-refractivity contribution in [2.24, 2.45) is 0 Å². The maximum absolute atomic E-state index is 13.7. The van der Waals surface area contributed by atoms with Crippen LogP contribution in [0.4, 0.5) is 0 Å². The van der Waals surface area contributed by atoms with Gasteiger partial charge >= 0.3 is 0 Å². The highest BCUT2D eigenvalue weighted by atomic mass is 16.5. The topological polar surface area (TPSA) is 78.2 Å². The van der Waals surface area contributed by atoms with Crippen LogP contribution in [0, 0.1) is 6.92 Å². The molecule has 0 saturated heterocycles. The van der Waals surface area contributed by atoms with Gasteiger partial charge in [-0.25, -0.2) is 0 Å². The summed E-state index contributed by atoms with van der Waals surface area (Å²) >= 11 is 0. The Morgan fingerprint density at radius 3 is 2.53 bits per heavy atom. The molecule has 36 heavy (non-hydrogen) atoms. The molecule has 3 aromatic rings. The zero-order valence-corrected chi connectivity index (χ0v) is 21.6. The molecule has 1 amide bonds. The van der Waals surface area contributed by atoms with Gasteiger partial charge in [0.05, 0.1) is 30.7 Å². The van der Waals surface area contributed by atoms with Crippen molar-refractivity contribution in [2.75, 3.05) is 34.0 Å². The molecule has 192 valence electrons. The van der Waals surface area contributed by atoms with Crippen molar-refractivity contribution in [3.8, 4) is 11.5 Å². The number of nitrogens with zero attached hydrogens (tertiary/aromatic N) is 1. The Morgan fingerprint density at radius 1 is 0.944 bits per heavy atom. The van der Waals surface area contributed by atoms with Gasteiger partial charge in [0.15, 0.2) is 16.9 Å². The summed E-state index contributed by atoms with van der Waals surface area (Å²) in [6.07, 6.45) is 5.09. The van der Waals surface area contributed by atoms with Crippen LogP contribution < -0.4 is 14.9 Å². The molecule has 1 atom stereocenters. The van der Waals surface area contributed by atoms with Gasteiger partial charge in [-0.15, -0.1) is 0 Å². The second-order valence-electron chi connectivity index (χ2n) is 9.24. The monoisotopic (exact) mass is 493 g/mol. The molecule has 0 radical (unpaired) electrons. The molecular formula is C29H35NO6. The number of unbranched alkanes of at least 4 members (excludes halogenated alkanes) is 3. The molecule has 4 rings (SSSR count). The van der Waals surface area contributed by atoms with Crippen LogP contribution >= 0.6 is 0 Å². The lowest BCUT2D eigenvalue weighted by molar-refractivity contribution is 0.0707. The Labute approximate surface area is 212 Å². The fourth-order valence-electron chi connectivity index (χ4n) is 4.78. The number of carbonyl (C=O) groups excluding carboxylic acids is 1. The first-order valence-corrected chi connectivity index (χ1v) is 12.7. The van der Waals surface area contributed by atoms with Gasteiger partial charge < -0.3 is 23.5 Å². The van der Waals surface area contributed by atoms with E-state index in [0.717, 1.165) is 24.0 Å². The van der Waals surface area contributed by atoms with Gasteiger partial charge in [-0.05, 0) is 49.6 Å². The van der Waals surface area contributed by atoms with Crippen LogP contribution in [0.15, 0.2) is 45.6 Å². The van der Waals surface area contributed by atoms with Gasteiger partial charge in [0.25, 0.3) is 5.91 Å². The number of ether oxygens (including phenoxy) is 3. The van der Waals surface area contributed by atoms with E-state index in [4.69, 9.17) is 18.6 Å². The van der Waals surface area contributed by atoms with Gasteiger partial charge in [-0.3, -0.25) is 9.59 Å². The van der Waals surface area contributed by atoms with Crippen LogP contribution in [0.3, 0.4) is 0 Å². The zero-order valence-electron chi connectivity index (χ0n) is 21.6. The average molecular weight is 494 g/mol. The molecule has 1 unspecified atom stereocenters. The first kappa shape index (κ1) is 25.8. The first-order chi connectivity index (χ1) is 17.5. The molecule has 0 saturated carbocycles. The lowest BCUT2D eigenvalue weighted by Crippen LogP contribution is -2.31. The predicted molar refractivity (Wildman–Crippen MR) is 139 cm³/mol. The van der Waals surface area contributed by atoms with Gasteiger partial charge in [-0.2, -0.15) is 0 Å². The third-order valence-corrected chi connectivity index (χ3v) is 6.63. The molecular weight excluding hydrogens is 458 g/mol. The van der Waals surface area contributed by atoms with E-state index in [-0.39, 0.29) is 17.1 Å². The lowest BCUT2D eigenvalue weighted by Gasteiger charge is -2.25. The highest BCUT2D eigenvalue weighted by Gasteiger charge is 2.42. The van der Waals surface area contributed by atoms with Crippen LogP contribution in [-0.4, -0.2) is 44.8 Å². The zero-order chi connectivity index (χ0) is 25.7. The highest BCUT2D eigenvalue weighted by molar-refractivity contribution is 5.99. The highest BCUT2D eigenvalue weighted by Crippen LogP contribution is 2.41. The Kier molecular flexibility index (Phi) is 8.31. The fourth-order valence-corrected chi connectivity index (χ4v) is 4.78. The van der Waals surface area contributed by atoms with Crippen molar-refractivity contribution in [3.63, 3.8) is 0 Å². The van der Waals surface area contributed by atoms with E-state index in [0.29, 0.717) is 54.2 Å². The Balaban J connectivity index is 1.75. The fraction of sp³-hybridized carbons (Fsp3) is 0.448. The normalized spacial score (nSPS) is 14.9. The van der Waals surface area contributed by atoms with E-state index < -0.39 is 6.04 Å². The largest absolute Gasteiger partial charge is 0.493 e. The molecule has 0 aliphatic carbocycles. The maximum Gasteiger partial charge on any atom is 0.290 e. The Hall–Kier alpha value is -3.32. The summed E-state index contributed by atoms with van der Waals surface area (Å²) in [5.41, 5.74) is 2.33. The van der Waals surface area contributed by atoms with Crippen molar-refractivity contribution in [1.82, 2.24) is 4.90 Å². The van der Waals surface area contributed by atoms with Crippen molar-refractivity contribution in [2.45, 2.75) is 52.0 Å². The molecule has 2 heterocycles. The maximum atomic E-state index is 13.7. The van der Waals surface area contributed by atoms with Gasteiger partial charge in [0.1, 0.15) is 5.58 Å². The summed E-state index contributed by atoms with van der Waals surface area (Å²) in [6.45, 7) is 5.64. The molecule has 7 heteroatoms. The summed E-state index contributed by atoms with van der Waals surface area (Å²) in [6, 6.07) is 10.5. The van der Waals surface area contributed by atoms with E-state index >= 15 is 0 Å². The smallest absolute Gasteiger partial charge is 0.290 e. The van der Waals surface area contributed by atoms with E-state index in [1.165, 1.54) is 12.8 Å². The molecule has 1 aliphatic heterocycles. The third-order valence-electron chi connectivity index (χ3n) is 6.63. The van der Waals surface area contributed by atoms with Crippen molar-refractivity contribution < 1.29 is 23.4 Å². The van der Waals surface area contributed by atoms with Crippen LogP contribution in [-0.2, 0) is 4.74 Å². The number of hydrogen-bond acceptors (Lipinski definition) is 6. The summed E-state index contributed by atoms with van der Waals surface area (Å²) < 4.78 is 22.9. The van der Waals surface area contributed by atoms with Crippen LogP contribution in [0.25, 0.3) is 11.0 Å². The number of benzene rings is 2. The number of aryl methyl sites for hydroxylation is 1. The third kappa shape index (κ3) is 5.12. The molecule has 0 fully saturated rings. The van der Waals surface area contributed by atoms with Crippen LogP contribution in [0.1, 0.15) is 72.3 Å². The van der Waals surface area contributed by atoms with Crippen molar-refractivity contribution >= 4 is 16.9 Å². The molecule has 7 nitrogen and oxygen atoms in total. The van der Waals surface area contributed by atoms with Crippen LogP contribution in [0.2, 0.25) is 0 Å². The second-order valence-corrected chi connectivity index (χ2v) is 9.24. The molecule has 0 spiro atoms. The molecule has 0 bridgehead atoms. The summed E-state index contributed by atoms with van der Waals surface area (Å²) in [5, 5.41) is 0.476. The summed E-state index contributed by atoms with van der Waals surface area (Å²) in [4.78, 5) is 28.9. The minimum atomic E-state index is -0.585. The number of fused-ring (bicyclic) bond motifs is 2. The Bertz CT molecular complexity index is 1280. The molecule has 1 aliphatic rings. The minimum Gasteiger partial charge on any atom is -0.493 e. The summed E-state index contributed by atoms with van der Waals surface area (Å²) in [7, 11) is 3.22. The Morgan fingerprint density at radius 2 is 1.78 bits per heavy atom. The number of hydrogen-bond donors (Lipinski definition) is 0. The van der Waals surface area contributed by atoms with E-state index in [1.807, 2.05) is 37.3 Å². The average Bonchev–Trinajstić information content (AvgIpc) is 3.16. The minimum absolute atomic E-state index is 0.106. The van der Waals surface area contributed by atoms with Crippen molar-refractivity contribution in [3.05, 3.63) is 69.1 Å². The van der Waals surface area contributed by atoms with Gasteiger partial charge in [0, 0.05) is 20.3 Å². The number of methoxy groups -OCH3 is 2. The molecule has 2 aromatic carbocycles. The van der Waals surface area contributed by atoms with Gasteiger partial charge in [0.2, 0.25) is 5.76 Å². The van der Waals surface area contributed by atoms with Gasteiger partial charge in [-0.1, -0.05) is 43.9 Å². The summed E-state index contributed by atoms with van der Waals surface area (Å²) in [5.74, 6) is 1.03. The SMILES string of the molecule is CCCCCCOc1ccc(C2c3c(oc4ccc(C)cc4c3=O)C(=O)N2CCCOC)cc1OC. The number of carbonyl (C=O) groups is 1. The number of amides is 1. The lowest BCUT2D eigenvalue weighted by atomic mass is 9.97. The van der Waals surface area contributed by atoms with Crippen LogP contribution in [0.5, 0.6) is 11.5 Å². The quantitative estimate of drug-likeness (QED) is 0.303. The molecule has 0 N–H and O–H groups in total. The second kappa shape index (κ2) is 11.6. The number of rotatable bonds is 12. The van der Waals surface area contributed by atoms with E-state index in [9.17, 15) is 9.59 Å². The van der Waals surface area contributed by atoms with E-state index in [2.05, 4.69) is 6.92 Å². The molecule has 1 aromatic heterocycles. The predicted octanol–water partition coefficient (Wildman–Crippen LogP) is 5.65. The standard InChI is InChI=1S/C29H35NO6/c1-5-6-7-8-16-35-23-13-11-20(18-24(23)34-4)26-25-27(31)21-17-19(2)10-12-22(21)36-28(25)29(32)30(26)14-9-15-33-3/h10-13,17-18,26H,5-9,14-16H2,1-4H3.